The van der Waals surface area contributed by atoms with Crippen molar-refractivity contribution in [1.29, 1.82) is 0 Å². The van der Waals surface area contributed by atoms with E-state index in [9.17, 15) is 13.2 Å². The van der Waals surface area contributed by atoms with Crippen LogP contribution in [-0.2, 0) is 14.6 Å². The van der Waals surface area contributed by atoms with E-state index in [1.807, 2.05) is 0 Å². The highest BCUT2D eigenvalue weighted by Gasteiger charge is 2.12. The Kier molecular flexibility index (Phi) is 3.54. The second-order valence-electron chi connectivity index (χ2n) is 3.30. The molecule has 0 N–H and O–H groups in total. The Labute approximate surface area is 94.6 Å². The van der Waals surface area contributed by atoms with E-state index in [0.29, 0.717) is 5.69 Å². The van der Waals surface area contributed by atoms with Gasteiger partial charge in [0.15, 0.2) is 9.84 Å². The normalized spacial score (nSPS) is 10.9. The first kappa shape index (κ1) is 12.5. The highest BCUT2D eigenvalue weighted by molar-refractivity contribution is 7.90. The van der Waals surface area contributed by atoms with Gasteiger partial charge in [0.2, 0.25) is 0 Å². The van der Waals surface area contributed by atoms with Crippen LogP contribution in [-0.4, -0.2) is 34.9 Å². The first-order valence-electron chi connectivity index (χ1n) is 4.48. The van der Waals surface area contributed by atoms with Crippen LogP contribution in [0, 0.1) is 0 Å². The number of hydrogen-bond acceptors (Lipinski definition) is 4. The zero-order chi connectivity index (χ0) is 12.3. The molecule has 0 atom stereocenters. The quantitative estimate of drug-likeness (QED) is 0.785. The molecule has 1 amide bonds. The van der Waals surface area contributed by atoms with E-state index >= 15 is 0 Å². The number of ether oxygens (including phenoxy) is 1. The van der Waals surface area contributed by atoms with Crippen molar-refractivity contribution in [2.75, 3.05) is 25.3 Å². The van der Waals surface area contributed by atoms with E-state index in [1.54, 1.807) is 19.2 Å². The Balaban J connectivity index is 3.00. The molecule has 0 aliphatic heterocycles. The van der Waals surface area contributed by atoms with E-state index in [1.165, 1.54) is 24.1 Å². The van der Waals surface area contributed by atoms with Gasteiger partial charge < -0.3 is 4.74 Å². The van der Waals surface area contributed by atoms with Crippen LogP contribution in [0.1, 0.15) is 0 Å². The molecule has 0 aromatic heterocycles. The molecule has 1 aromatic carbocycles. The summed E-state index contributed by atoms with van der Waals surface area (Å²) in [5.74, 6) is 0. The minimum atomic E-state index is -3.21. The van der Waals surface area contributed by atoms with E-state index in [0.717, 1.165) is 6.26 Å². The zero-order valence-corrected chi connectivity index (χ0v) is 10.1. The van der Waals surface area contributed by atoms with Gasteiger partial charge >= 0.3 is 6.09 Å². The van der Waals surface area contributed by atoms with Crippen LogP contribution >= 0.6 is 0 Å². The second-order valence-corrected chi connectivity index (χ2v) is 5.31. The standard InChI is InChI=1S/C10H13NO4S/c1-11(10(12)15-2)8-4-6-9(7-5-8)16(3,13)14/h4-7H,1-3H3. The summed E-state index contributed by atoms with van der Waals surface area (Å²) in [5, 5.41) is 0. The maximum Gasteiger partial charge on any atom is 0.413 e. The van der Waals surface area contributed by atoms with Crippen molar-refractivity contribution in [3.8, 4) is 0 Å². The van der Waals surface area contributed by atoms with Gasteiger partial charge in [-0.2, -0.15) is 0 Å². The number of sulfone groups is 1. The van der Waals surface area contributed by atoms with Crippen molar-refractivity contribution in [2.24, 2.45) is 0 Å². The summed E-state index contributed by atoms with van der Waals surface area (Å²) in [5.41, 5.74) is 0.569. The van der Waals surface area contributed by atoms with Crippen LogP contribution in [0.2, 0.25) is 0 Å². The first-order valence-corrected chi connectivity index (χ1v) is 6.37. The molecule has 0 spiro atoms. The Morgan fingerprint density at radius 1 is 1.25 bits per heavy atom. The number of benzene rings is 1. The van der Waals surface area contributed by atoms with Gasteiger partial charge in [-0.1, -0.05) is 0 Å². The third-order valence-corrected chi connectivity index (χ3v) is 3.23. The van der Waals surface area contributed by atoms with Crippen molar-refractivity contribution in [1.82, 2.24) is 0 Å². The molecule has 6 heteroatoms. The largest absolute Gasteiger partial charge is 0.452 e. The van der Waals surface area contributed by atoms with Gasteiger partial charge in [-0.05, 0) is 24.3 Å². The molecule has 1 aromatic rings. The minimum Gasteiger partial charge on any atom is -0.452 e. The molecule has 0 saturated heterocycles. The summed E-state index contributed by atoms with van der Waals surface area (Å²) in [4.78, 5) is 12.7. The first-order chi connectivity index (χ1) is 7.36. The molecule has 16 heavy (non-hydrogen) atoms. The molecule has 0 bridgehead atoms. The van der Waals surface area contributed by atoms with Crippen LogP contribution < -0.4 is 4.90 Å². The van der Waals surface area contributed by atoms with Gasteiger partial charge in [0.1, 0.15) is 0 Å². The SMILES string of the molecule is COC(=O)N(C)c1ccc(S(C)(=O)=O)cc1. The summed E-state index contributed by atoms with van der Waals surface area (Å²) < 4.78 is 26.9. The maximum atomic E-state index is 11.2. The highest BCUT2D eigenvalue weighted by Crippen LogP contribution is 2.17. The molecular formula is C10H13NO4S. The molecule has 0 aliphatic carbocycles. The minimum absolute atomic E-state index is 0.217. The van der Waals surface area contributed by atoms with Gasteiger partial charge in [0.05, 0.1) is 12.0 Å². The van der Waals surface area contributed by atoms with Crippen LogP contribution in [0.25, 0.3) is 0 Å². The van der Waals surface area contributed by atoms with Crippen LogP contribution in [0.5, 0.6) is 0 Å². The lowest BCUT2D eigenvalue weighted by molar-refractivity contribution is 0.180. The summed E-state index contributed by atoms with van der Waals surface area (Å²) in [6, 6.07) is 5.99. The molecule has 0 aliphatic rings. The fourth-order valence-corrected chi connectivity index (χ4v) is 1.79. The summed E-state index contributed by atoms with van der Waals surface area (Å²) in [7, 11) is -0.381. The monoisotopic (exact) mass is 243 g/mol. The zero-order valence-electron chi connectivity index (χ0n) is 9.30. The predicted octanol–water partition coefficient (Wildman–Crippen LogP) is 1.29. The molecule has 0 saturated carbocycles. The Hall–Kier alpha value is -1.56. The van der Waals surface area contributed by atoms with Crippen molar-refractivity contribution < 1.29 is 17.9 Å². The molecule has 88 valence electrons. The molecule has 0 radical (unpaired) electrons. The second kappa shape index (κ2) is 4.52. The van der Waals surface area contributed by atoms with E-state index in [2.05, 4.69) is 4.74 Å². The third-order valence-electron chi connectivity index (χ3n) is 2.10. The van der Waals surface area contributed by atoms with E-state index in [-0.39, 0.29) is 4.90 Å². The van der Waals surface area contributed by atoms with Gasteiger partial charge in [0, 0.05) is 19.0 Å². The van der Waals surface area contributed by atoms with Crippen molar-refractivity contribution in [2.45, 2.75) is 4.90 Å². The molecule has 1 rings (SSSR count). The summed E-state index contributed by atoms with van der Waals surface area (Å²) in [6.07, 6.45) is 0.624. The number of hydrogen-bond donors (Lipinski definition) is 0. The summed E-state index contributed by atoms with van der Waals surface area (Å²) in [6.45, 7) is 0. The van der Waals surface area contributed by atoms with Gasteiger partial charge in [-0.25, -0.2) is 13.2 Å². The average molecular weight is 243 g/mol. The van der Waals surface area contributed by atoms with Crippen LogP contribution in [0.3, 0.4) is 0 Å². The van der Waals surface area contributed by atoms with Crippen molar-refractivity contribution in [3.63, 3.8) is 0 Å². The Morgan fingerprint density at radius 3 is 2.12 bits per heavy atom. The Bertz CT molecular complexity index is 478. The number of carbonyl (C=O) groups excluding carboxylic acids is 1. The van der Waals surface area contributed by atoms with Gasteiger partial charge in [-0.3, -0.25) is 4.90 Å². The number of nitrogens with zero attached hydrogens (tertiary/aromatic N) is 1. The third kappa shape index (κ3) is 2.73. The highest BCUT2D eigenvalue weighted by atomic mass is 32.2. The van der Waals surface area contributed by atoms with Crippen LogP contribution in [0.15, 0.2) is 29.2 Å². The molecular weight excluding hydrogens is 230 g/mol. The predicted molar refractivity (Wildman–Crippen MR) is 60.4 cm³/mol. The summed E-state index contributed by atoms with van der Waals surface area (Å²) >= 11 is 0. The van der Waals surface area contributed by atoms with Gasteiger partial charge in [-0.15, -0.1) is 0 Å². The van der Waals surface area contributed by atoms with E-state index < -0.39 is 15.9 Å². The fraction of sp³-hybridized carbons (Fsp3) is 0.300. The number of amides is 1. The molecule has 5 nitrogen and oxygen atoms in total. The van der Waals surface area contributed by atoms with Crippen LogP contribution in [0.4, 0.5) is 10.5 Å². The molecule has 0 heterocycles. The average Bonchev–Trinajstić information content (AvgIpc) is 2.26. The number of methoxy groups -OCH3 is 1. The fourth-order valence-electron chi connectivity index (χ4n) is 1.16. The molecule has 0 unspecified atom stereocenters. The smallest absolute Gasteiger partial charge is 0.413 e. The maximum absolute atomic E-state index is 11.2. The number of rotatable bonds is 2. The lowest BCUT2D eigenvalue weighted by Gasteiger charge is -2.15. The molecule has 0 fully saturated rings. The van der Waals surface area contributed by atoms with Crippen molar-refractivity contribution in [3.05, 3.63) is 24.3 Å². The topological polar surface area (TPSA) is 63.7 Å². The van der Waals surface area contributed by atoms with Gasteiger partial charge in [0.25, 0.3) is 0 Å². The van der Waals surface area contributed by atoms with Crippen molar-refractivity contribution >= 4 is 21.6 Å². The lowest BCUT2D eigenvalue weighted by atomic mass is 10.3. The van der Waals surface area contributed by atoms with E-state index in [4.69, 9.17) is 0 Å². The Morgan fingerprint density at radius 2 is 1.75 bits per heavy atom. The number of anilines is 1. The lowest BCUT2D eigenvalue weighted by Crippen LogP contribution is -2.25. The number of carbonyl (C=O) groups is 1.